The summed E-state index contributed by atoms with van der Waals surface area (Å²) in [4.78, 5) is 35.2. The number of anilines is 1. The van der Waals surface area contributed by atoms with Crippen LogP contribution in [0.5, 0.6) is 0 Å². The van der Waals surface area contributed by atoms with Crippen LogP contribution in [0.15, 0.2) is 53.0 Å². The summed E-state index contributed by atoms with van der Waals surface area (Å²) in [5.41, 5.74) is 1.68. The number of benzene rings is 2. The number of hydrogen-bond acceptors (Lipinski definition) is 4. The summed E-state index contributed by atoms with van der Waals surface area (Å²) in [6, 6.07) is 13.7. The molecule has 0 heterocycles. The van der Waals surface area contributed by atoms with Gasteiger partial charge in [-0.05, 0) is 35.9 Å². The van der Waals surface area contributed by atoms with Crippen molar-refractivity contribution in [1.29, 1.82) is 0 Å². The minimum absolute atomic E-state index is 0.0900. The zero-order valence-electron chi connectivity index (χ0n) is 13.5. The molecule has 7 heteroatoms. The highest BCUT2D eigenvalue weighted by molar-refractivity contribution is 9.10. The average molecular weight is 405 g/mol. The highest BCUT2D eigenvalue weighted by Gasteiger charge is 2.10. The maximum absolute atomic E-state index is 11.9. The first-order valence-electron chi connectivity index (χ1n) is 7.50. The van der Waals surface area contributed by atoms with E-state index in [9.17, 15) is 14.4 Å². The molecule has 2 aromatic carbocycles. The number of carbonyl (C=O) groups excluding carboxylic acids is 3. The number of hydrogen-bond donors (Lipinski definition) is 2. The van der Waals surface area contributed by atoms with Gasteiger partial charge in [-0.2, -0.15) is 0 Å². The first-order valence-corrected chi connectivity index (χ1v) is 8.29. The molecule has 0 saturated carbocycles. The summed E-state index contributed by atoms with van der Waals surface area (Å²) in [6.07, 6.45) is 0.0900. The second-order valence-corrected chi connectivity index (χ2v) is 6.09. The van der Waals surface area contributed by atoms with Gasteiger partial charge in [-0.3, -0.25) is 14.4 Å². The summed E-state index contributed by atoms with van der Waals surface area (Å²) in [5.74, 6) is -1.22. The Hall–Kier alpha value is -2.67. The molecular formula is C18H17BrN2O4. The van der Waals surface area contributed by atoms with Gasteiger partial charge in [0.15, 0.2) is 6.61 Å². The minimum Gasteiger partial charge on any atom is -0.455 e. The molecule has 0 atom stereocenters. The molecule has 2 N–H and O–H groups in total. The predicted octanol–water partition coefficient (Wildman–Crippen LogP) is 2.53. The Labute approximate surface area is 153 Å². The first kappa shape index (κ1) is 18.7. The normalized spacial score (nSPS) is 10.0. The molecule has 0 aromatic heterocycles. The van der Waals surface area contributed by atoms with Crippen LogP contribution in [0.25, 0.3) is 0 Å². The van der Waals surface area contributed by atoms with Crippen LogP contribution in [0.2, 0.25) is 0 Å². The van der Waals surface area contributed by atoms with E-state index in [0.717, 1.165) is 10.0 Å². The Morgan fingerprint density at radius 3 is 2.48 bits per heavy atom. The predicted molar refractivity (Wildman–Crippen MR) is 97.3 cm³/mol. The molecule has 2 aromatic rings. The number of carbonyl (C=O) groups is 3. The van der Waals surface area contributed by atoms with E-state index >= 15 is 0 Å². The van der Waals surface area contributed by atoms with Crippen molar-refractivity contribution in [3.05, 3.63) is 64.1 Å². The third-order valence-electron chi connectivity index (χ3n) is 3.26. The van der Waals surface area contributed by atoms with Crippen molar-refractivity contribution in [3.8, 4) is 0 Å². The molecule has 130 valence electrons. The average Bonchev–Trinajstić information content (AvgIpc) is 2.61. The van der Waals surface area contributed by atoms with Gasteiger partial charge in [0, 0.05) is 22.8 Å². The second kappa shape index (κ2) is 8.98. The van der Waals surface area contributed by atoms with Crippen LogP contribution in [-0.2, 0) is 20.7 Å². The van der Waals surface area contributed by atoms with E-state index in [1.54, 1.807) is 36.4 Å². The van der Waals surface area contributed by atoms with Crippen molar-refractivity contribution in [3.63, 3.8) is 0 Å². The zero-order chi connectivity index (χ0) is 18.2. The maximum atomic E-state index is 11.9. The number of esters is 1. The Bertz CT molecular complexity index is 775. The van der Waals surface area contributed by atoms with E-state index in [0.29, 0.717) is 11.3 Å². The van der Waals surface area contributed by atoms with E-state index in [1.165, 1.54) is 7.05 Å². The standard InChI is InChI=1S/C18H17BrN2O4/c1-20-18(24)13-3-2-4-15(10-13)21-16(22)11-25-17(23)9-12-5-7-14(19)8-6-12/h2-8,10H,9,11H2,1H3,(H,20,24)(H,21,22). The zero-order valence-corrected chi connectivity index (χ0v) is 15.1. The van der Waals surface area contributed by atoms with Gasteiger partial charge in [0.05, 0.1) is 6.42 Å². The van der Waals surface area contributed by atoms with E-state index < -0.39 is 11.9 Å². The van der Waals surface area contributed by atoms with Crippen LogP contribution in [0.4, 0.5) is 5.69 Å². The van der Waals surface area contributed by atoms with Gasteiger partial charge in [-0.1, -0.05) is 34.1 Å². The van der Waals surface area contributed by atoms with Crippen molar-refractivity contribution in [2.24, 2.45) is 0 Å². The monoisotopic (exact) mass is 404 g/mol. The molecule has 0 radical (unpaired) electrons. The minimum atomic E-state index is -0.489. The Morgan fingerprint density at radius 1 is 1.08 bits per heavy atom. The summed E-state index contributed by atoms with van der Waals surface area (Å²) in [5, 5.41) is 5.09. The summed E-state index contributed by atoms with van der Waals surface area (Å²) in [6.45, 7) is -0.389. The van der Waals surface area contributed by atoms with Crippen LogP contribution >= 0.6 is 15.9 Å². The Balaban J connectivity index is 1.83. The lowest BCUT2D eigenvalue weighted by Crippen LogP contribution is -2.22. The molecule has 6 nitrogen and oxygen atoms in total. The number of ether oxygens (including phenoxy) is 1. The van der Waals surface area contributed by atoms with Crippen LogP contribution in [0, 0.1) is 0 Å². The van der Waals surface area contributed by atoms with E-state index in [2.05, 4.69) is 26.6 Å². The van der Waals surface area contributed by atoms with E-state index in [1.807, 2.05) is 12.1 Å². The molecule has 0 fully saturated rings. The number of halogens is 1. The first-order chi connectivity index (χ1) is 12.0. The van der Waals surface area contributed by atoms with Crippen LogP contribution in [-0.4, -0.2) is 31.4 Å². The lowest BCUT2D eigenvalue weighted by molar-refractivity contribution is -0.146. The topological polar surface area (TPSA) is 84.5 Å². The van der Waals surface area contributed by atoms with E-state index in [4.69, 9.17) is 4.74 Å². The van der Waals surface area contributed by atoms with Gasteiger partial charge in [0.1, 0.15) is 0 Å². The molecule has 25 heavy (non-hydrogen) atoms. The van der Waals surface area contributed by atoms with Crippen molar-refractivity contribution in [2.75, 3.05) is 19.0 Å². The van der Waals surface area contributed by atoms with E-state index in [-0.39, 0.29) is 18.9 Å². The molecule has 2 rings (SSSR count). The molecule has 0 saturated heterocycles. The van der Waals surface area contributed by atoms with Gasteiger partial charge in [0.2, 0.25) is 0 Å². The van der Waals surface area contributed by atoms with Crippen molar-refractivity contribution in [1.82, 2.24) is 5.32 Å². The lowest BCUT2D eigenvalue weighted by atomic mass is 10.2. The Kier molecular flexibility index (Phi) is 6.71. The van der Waals surface area contributed by atoms with Gasteiger partial charge in [0.25, 0.3) is 11.8 Å². The van der Waals surface area contributed by atoms with Crippen LogP contribution in [0.1, 0.15) is 15.9 Å². The molecule has 0 aliphatic heterocycles. The fourth-order valence-corrected chi connectivity index (χ4v) is 2.31. The number of amides is 2. The van der Waals surface area contributed by atoms with Crippen LogP contribution < -0.4 is 10.6 Å². The molecular weight excluding hydrogens is 388 g/mol. The SMILES string of the molecule is CNC(=O)c1cccc(NC(=O)COC(=O)Cc2ccc(Br)cc2)c1. The van der Waals surface area contributed by atoms with Crippen molar-refractivity contribution in [2.45, 2.75) is 6.42 Å². The summed E-state index contributed by atoms with van der Waals surface area (Å²) < 4.78 is 5.89. The summed E-state index contributed by atoms with van der Waals surface area (Å²) >= 11 is 3.32. The van der Waals surface area contributed by atoms with Gasteiger partial charge in [-0.15, -0.1) is 0 Å². The fraction of sp³-hybridized carbons (Fsp3) is 0.167. The van der Waals surface area contributed by atoms with Gasteiger partial charge >= 0.3 is 5.97 Å². The lowest BCUT2D eigenvalue weighted by Gasteiger charge is -2.08. The quantitative estimate of drug-likeness (QED) is 0.724. The number of rotatable bonds is 6. The molecule has 0 bridgehead atoms. The third kappa shape index (κ3) is 6.04. The highest BCUT2D eigenvalue weighted by Crippen LogP contribution is 2.12. The smallest absolute Gasteiger partial charge is 0.310 e. The van der Waals surface area contributed by atoms with Gasteiger partial charge in [-0.25, -0.2) is 0 Å². The molecule has 2 amide bonds. The van der Waals surface area contributed by atoms with Crippen LogP contribution in [0.3, 0.4) is 0 Å². The fourth-order valence-electron chi connectivity index (χ4n) is 2.05. The largest absolute Gasteiger partial charge is 0.455 e. The highest BCUT2D eigenvalue weighted by atomic mass is 79.9. The maximum Gasteiger partial charge on any atom is 0.310 e. The Morgan fingerprint density at radius 2 is 1.80 bits per heavy atom. The third-order valence-corrected chi connectivity index (χ3v) is 3.79. The molecule has 0 aliphatic rings. The molecule has 0 unspecified atom stereocenters. The van der Waals surface area contributed by atoms with Gasteiger partial charge < -0.3 is 15.4 Å². The molecule has 0 aliphatic carbocycles. The molecule has 0 spiro atoms. The van der Waals surface area contributed by atoms with Crippen molar-refractivity contribution >= 4 is 39.4 Å². The van der Waals surface area contributed by atoms with Crippen molar-refractivity contribution < 1.29 is 19.1 Å². The number of nitrogens with one attached hydrogen (secondary N) is 2. The second-order valence-electron chi connectivity index (χ2n) is 5.17. The summed E-state index contributed by atoms with van der Waals surface area (Å²) in [7, 11) is 1.53.